The van der Waals surface area contributed by atoms with Crippen molar-refractivity contribution in [3.05, 3.63) is 53.7 Å². The summed E-state index contributed by atoms with van der Waals surface area (Å²) in [6.45, 7) is 4.32. The predicted octanol–water partition coefficient (Wildman–Crippen LogP) is 4.74. The highest BCUT2D eigenvalue weighted by atomic mass is 35.5. The minimum absolute atomic E-state index is 0.468. The minimum Gasteiger partial charge on any atom is -0.439 e. The van der Waals surface area contributed by atoms with Gasteiger partial charge in [0.1, 0.15) is 5.75 Å². The average molecular weight is 262 g/mol. The highest BCUT2D eigenvalue weighted by Gasteiger charge is 2.03. The Kier molecular flexibility index (Phi) is 4.21. The molecule has 0 saturated carbocycles. The summed E-state index contributed by atoms with van der Waals surface area (Å²) >= 11 is 5.71. The van der Waals surface area contributed by atoms with Crippen molar-refractivity contribution >= 4 is 11.6 Å². The fraction of sp³-hybridized carbons (Fsp3) is 0.267. The summed E-state index contributed by atoms with van der Waals surface area (Å²) in [5.74, 6) is 2.35. The summed E-state index contributed by atoms with van der Waals surface area (Å²) in [6.07, 6.45) is 1.73. The van der Waals surface area contributed by atoms with Gasteiger partial charge in [0.2, 0.25) is 5.88 Å². The zero-order chi connectivity index (χ0) is 13.0. The SMILES string of the molecule is CC(C)c1cccc(Oc2ccc(CCl)cn2)c1. The van der Waals surface area contributed by atoms with Crippen LogP contribution in [0.25, 0.3) is 0 Å². The zero-order valence-electron chi connectivity index (χ0n) is 10.6. The van der Waals surface area contributed by atoms with Gasteiger partial charge < -0.3 is 4.74 Å². The smallest absolute Gasteiger partial charge is 0.219 e. The lowest BCUT2D eigenvalue weighted by Gasteiger charge is -2.09. The van der Waals surface area contributed by atoms with Crippen molar-refractivity contribution in [1.82, 2.24) is 4.98 Å². The molecule has 94 valence electrons. The summed E-state index contributed by atoms with van der Waals surface area (Å²) in [4.78, 5) is 4.21. The van der Waals surface area contributed by atoms with Gasteiger partial charge in [-0.05, 0) is 29.2 Å². The minimum atomic E-state index is 0.468. The Morgan fingerprint density at radius 1 is 1.22 bits per heavy atom. The molecule has 0 aliphatic heterocycles. The van der Waals surface area contributed by atoms with Gasteiger partial charge in [-0.3, -0.25) is 0 Å². The molecule has 2 aromatic rings. The van der Waals surface area contributed by atoms with Crippen molar-refractivity contribution < 1.29 is 4.74 Å². The topological polar surface area (TPSA) is 22.1 Å². The molecular formula is C15H16ClNO. The second kappa shape index (κ2) is 5.87. The number of rotatable bonds is 4. The van der Waals surface area contributed by atoms with Gasteiger partial charge in [0.15, 0.2) is 0 Å². The van der Waals surface area contributed by atoms with Crippen LogP contribution in [0.5, 0.6) is 11.6 Å². The molecule has 0 amide bonds. The second-order valence-corrected chi connectivity index (χ2v) is 4.73. The quantitative estimate of drug-likeness (QED) is 0.742. The predicted molar refractivity (Wildman–Crippen MR) is 74.4 cm³/mol. The number of hydrogen-bond acceptors (Lipinski definition) is 2. The molecule has 0 N–H and O–H groups in total. The summed E-state index contributed by atoms with van der Waals surface area (Å²) in [5, 5.41) is 0. The first-order valence-corrected chi connectivity index (χ1v) is 6.51. The van der Waals surface area contributed by atoms with E-state index in [-0.39, 0.29) is 0 Å². The molecule has 1 aromatic heterocycles. The van der Waals surface area contributed by atoms with Gasteiger partial charge in [-0.25, -0.2) is 4.98 Å². The maximum Gasteiger partial charge on any atom is 0.219 e. The van der Waals surface area contributed by atoms with Crippen molar-refractivity contribution in [3.8, 4) is 11.6 Å². The molecule has 0 atom stereocenters. The van der Waals surface area contributed by atoms with Crippen LogP contribution in [0, 0.1) is 0 Å². The summed E-state index contributed by atoms with van der Waals surface area (Å²) in [7, 11) is 0. The monoisotopic (exact) mass is 261 g/mol. The van der Waals surface area contributed by atoms with Gasteiger partial charge in [-0.2, -0.15) is 0 Å². The van der Waals surface area contributed by atoms with E-state index in [1.165, 1.54) is 5.56 Å². The van der Waals surface area contributed by atoms with E-state index < -0.39 is 0 Å². The second-order valence-electron chi connectivity index (χ2n) is 4.47. The normalized spacial score (nSPS) is 10.7. The molecule has 3 heteroatoms. The van der Waals surface area contributed by atoms with Crippen molar-refractivity contribution in [1.29, 1.82) is 0 Å². The Morgan fingerprint density at radius 3 is 2.67 bits per heavy atom. The molecule has 0 aliphatic carbocycles. The number of hydrogen-bond donors (Lipinski definition) is 0. The van der Waals surface area contributed by atoms with Gasteiger partial charge in [0.25, 0.3) is 0 Å². The number of ether oxygens (including phenoxy) is 1. The molecule has 1 heterocycles. The summed E-state index contributed by atoms with van der Waals surface area (Å²) in [5.41, 5.74) is 2.24. The van der Waals surface area contributed by atoms with E-state index in [0.29, 0.717) is 17.7 Å². The molecule has 18 heavy (non-hydrogen) atoms. The largest absolute Gasteiger partial charge is 0.439 e. The van der Waals surface area contributed by atoms with Crippen LogP contribution in [0.3, 0.4) is 0 Å². The lowest BCUT2D eigenvalue weighted by molar-refractivity contribution is 0.461. The van der Waals surface area contributed by atoms with E-state index >= 15 is 0 Å². The van der Waals surface area contributed by atoms with Crippen molar-refractivity contribution in [2.75, 3.05) is 0 Å². The van der Waals surface area contributed by atoms with E-state index in [1.807, 2.05) is 30.3 Å². The fourth-order valence-corrected chi connectivity index (χ4v) is 1.77. The molecule has 0 spiro atoms. The fourth-order valence-electron chi connectivity index (χ4n) is 1.61. The average Bonchev–Trinajstić information content (AvgIpc) is 2.40. The van der Waals surface area contributed by atoms with E-state index in [2.05, 4.69) is 24.9 Å². The van der Waals surface area contributed by atoms with Crippen LogP contribution >= 0.6 is 11.6 Å². The standard InChI is InChI=1S/C15H16ClNO/c1-11(2)13-4-3-5-14(8-13)18-15-7-6-12(9-16)10-17-15/h3-8,10-11H,9H2,1-2H3. The first-order valence-electron chi connectivity index (χ1n) is 5.97. The van der Waals surface area contributed by atoms with E-state index in [1.54, 1.807) is 6.20 Å². The van der Waals surface area contributed by atoms with Gasteiger partial charge in [-0.15, -0.1) is 11.6 Å². The molecule has 1 aromatic carbocycles. The number of alkyl halides is 1. The molecular weight excluding hydrogens is 246 g/mol. The molecule has 2 rings (SSSR count). The van der Waals surface area contributed by atoms with Gasteiger partial charge in [0, 0.05) is 18.1 Å². The number of aromatic nitrogens is 1. The third-order valence-electron chi connectivity index (χ3n) is 2.70. The first kappa shape index (κ1) is 12.9. The van der Waals surface area contributed by atoms with Crippen LogP contribution in [0.1, 0.15) is 30.9 Å². The first-order chi connectivity index (χ1) is 8.69. The zero-order valence-corrected chi connectivity index (χ0v) is 11.3. The molecule has 0 saturated heterocycles. The van der Waals surface area contributed by atoms with E-state index in [9.17, 15) is 0 Å². The van der Waals surface area contributed by atoms with Crippen LogP contribution < -0.4 is 4.74 Å². The number of halogens is 1. The lowest BCUT2D eigenvalue weighted by atomic mass is 10.0. The van der Waals surface area contributed by atoms with Crippen molar-refractivity contribution in [2.24, 2.45) is 0 Å². The number of pyridine rings is 1. The Bertz CT molecular complexity index is 508. The van der Waals surface area contributed by atoms with Crippen LogP contribution in [0.2, 0.25) is 0 Å². The lowest BCUT2D eigenvalue weighted by Crippen LogP contribution is -1.91. The van der Waals surface area contributed by atoms with Crippen LogP contribution in [-0.2, 0) is 5.88 Å². The third-order valence-corrected chi connectivity index (χ3v) is 3.01. The van der Waals surface area contributed by atoms with E-state index in [4.69, 9.17) is 16.3 Å². The summed E-state index contributed by atoms with van der Waals surface area (Å²) in [6, 6.07) is 11.8. The molecule has 0 bridgehead atoms. The maximum absolute atomic E-state index is 5.71. The van der Waals surface area contributed by atoms with Crippen LogP contribution in [0.15, 0.2) is 42.6 Å². The Hall–Kier alpha value is -1.54. The Morgan fingerprint density at radius 2 is 2.06 bits per heavy atom. The third kappa shape index (κ3) is 3.23. The summed E-state index contributed by atoms with van der Waals surface area (Å²) < 4.78 is 5.71. The molecule has 0 fully saturated rings. The van der Waals surface area contributed by atoms with Gasteiger partial charge >= 0.3 is 0 Å². The van der Waals surface area contributed by atoms with Crippen LogP contribution in [-0.4, -0.2) is 4.98 Å². The number of nitrogens with zero attached hydrogens (tertiary/aromatic N) is 1. The Labute approximate surface area is 113 Å². The molecule has 0 aliphatic rings. The maximum atomic E-state index is 5.71. The van der Waals surface area contributed by atoms with Gasteiger partial charge in [0.05, 0.1) is 0 Å². The molecule has 0 unspecified atom stereocenters. The highest BCUT2D eigenvalue weighted by molar-refractivity contribution is 6.17. The molecule has 2 nitrogen and oxygen atoms in total. The number of benzene rings is 1. The van der Waals surface area contributed by atoms with Crippen molar-refractivity contribution in [2.45, 2.75) is 25.6 Å². The highest BCUT2D eigenvalue weighted by Crippen LogP contribution is 2.24. The molecule has 0 radical (unpaired) electrons. The Balaban J connectivity index is 2.15. The van der Waals surface area contributed by atoms with Gasteiger partial charge in [-0.1, -0.05) is 32.0 Å². The van der Waals surface area contributed by atoms with Crippen molar-refractivity contribution in [3.63, 3.8) is 0 Å². The van der Waals surface area contributed by atoms with Crippen LogP contribution in [0.4, 0.5) is 0 Å². The van der Waals surface area contributed by atoms with E-state index in [0.717, 1.165) is 11.3 Å².